The third-order valence-corrected chi connectivity index (χ3v) is 5.10. The number of likely N-dealkylation sites (tertiary alicyclic amines) is 2. The Balaban J connectivity index is 1.54. The normalized spacial score (nSPS) is 25.3. The zero-order valence-corrected chi connectivity index (χ0v) is 13.7. The summed E-state index contributed by atoms with van der Waals surface area (Å²) in [5.41, 5.74) is 0.663. The Morgan fingerprint density at radius 3 is 2.73 bits per heavy atom. The molecule has 22 heavy (non-hydrogen) atoms. The van der Waals surface area contributed by atoms with E-state index in [4.69, 9.17) is 4.42 Å². The van der Waals surface area contributed by atoms with Gasteiger partial charge in [0.1, 0.15) is 5.76 Å². The molecule has 2 fully saturated rings. The molecule has 1 amide bonds. The number of furan rings is 1. The summed E-state index contributed by atoms with van der Waals surface area (Å²) in [5.74, 6) is 0.696. The zero-order valence-electron chi connectivity index (χ0n) is 13.7. The van der Waals surface area contributed by atoms with Crippen LogP contribution >= 0.6 is 0 Å². The van der Waals surface area contributed by atoms with Gasteiger partial charge in [0.15, 0.2) is 0 Å². The van der Waals surface area contributed by atoms with Gasteiger partial charge < -0.3 is 14.6 Å². The summed E-state index contributed by atoms with van der Waals surface area (Å²) >= 11 is 0. The lowest BCUT2D eigenvalue weighted by Gasteiger charge is -2.41. The minimum Gasteiger partial charge on any atom is -0.469 e. The average Bonchev–Trinajstić information content (AvgIpc) is 2.94. The maximum absolute atomic E-state index is 12.3. The average molecular weight is 305 g/mol. The lowest BCUT2D eigenvalue weighted by atomic mass is 9.98. The van der Waals surface area contributed by atoms with Gasteiger partial charge in [-0.2, -0.15) is 0 Å². The molecule has 3 rings (SSSR count). The van der Waals surface area contributed by atoms with Gasteiger partial charge in [-0.05, 0) is 65.4 Å². The van der Waals surface area contributed by atoms with Crippen LogP contribution < -0.4 is 5.32 Å². The highest BCUT2D eigenvalue weighted by molar-refractivity contribution is 5.95. The summed E-state index contributed by atoms with van der Waals surface area (Å²) < 4.78 is 5.23. The first-order valence-electron chi connectivity index (χ1n) is 8.41. The molecule has 0 saturated carbocycles. The smallest absolute Gasteiger partial charge is 0.255 e. The molecule has 0 unspecified atom stereocenters. The molecule has 2 aliphatic heterocycles. The van der Waals surface area contributed by atoms with Crippen LogP contribution in [-0.2, 0) is 0 Å². The Morgan fingerprint density at radius 1 is 1.27 bits per heavy atom. The maximum atomic E-state index is 12.3. The molecule has 2 aliphatic rings. The fourth-order valence-electron chi connectivity index (χ4n) is 3.70. The van der Waals surface area contributed by atoms with Gasteiger partial charge in [-0.3, -0.25) is 9.69 Å². The van der Waals surface area contributed by atoms with Crippen LogP contribution in [0, 0.1) is 6.92 Å². The van der Waals surface area contributed by atoms with Crippen LogP contribution in [0.3, 0.4) is 0 Å². The number of carbonyl (C=O) groups excluding carboxylic acids is 1. The fraction of sp³-hybridized carbons (Fsp3) is 0.706. The van der Waals surface area contributed by atoms with Crippen molar-refractivity contribution < 1.29 is 9.21 Å². The second-order valence-electron chi connectivity index (χ2n) is 6.73. The number of nitrogens with one attached hydrogen (secondary N) is 1. The van der Waals surface area contributed by atoms with Gasteiger partial charge in [0.2, 0.25) is 0 Å². The highest BCUT2D eigenvalue weighted by Gasteiger charge is 2.29. The van der Waals surface area contributed by atoms with Crippen LogP contribution in [0.4, 0.5) is 0 Å². The van der Waals surface area contributed by atoms with Crippen LogP contribution in [0.5, 0.6) is 0 Å². The van der Waals surface area contributed by atoms with Gasteiger partial charge in [-0.25, -0.2) is 0 Å². The van der Waals surface area contributed by atoms with E-state index in [1.807, 2.05) is 6.92 Å². The fourth-order valence-corrected chi connectivity index (χ4v) is 3.70. The molecule has 0 bridgehead atoms. The number of piperidine rings is 2. The number of nitrogens with zero attached hydrogens (tertiary/aromatic N) is 2. The van der Waals surface area contributed by atoms with Crippen molar-refractivity contribution >= 4 is 5.91 Å². The van der Waals surface area contributed by atoms with E-state index >= 15 is 0 Å². The van der Waals surface area contributed by atoms with Gasteiger partial charge in [0.25, 0.3) is 5.91 Å². The summed E-state index contributed by atoms with van der Waals surface area (Å²) in [5, 5.41) is 3.19. The Bertz CT molecular complexity index is 506. The van der Waals surface area contributed by atoms with Crippen LogP contribution in [0.15, 0.2) is 16.7 Å². The first kappa shape index (κ1) is 15.6. The molecule has 0 aromatic carbocycles. The van der Waals surface area contributed by atoms with E-state index < -0.39 is 0 Å². The minimum atomic E-state index is 0.00137. The van der Waals surface area contributed by atoms with Crippen molar-refractivity contribution in [1.29, 1.82) is 0 Å². The van der Waals surface area contributed by atoms with E-state index in [2.05, 4.69) is 22.2 Å². The number of amides is 1. The topological polar surface area (TPSA) is 48.7 Å². The lowest BCUT2D eigenvalue weighted by Crippen LogP contribution is -2.53. The van der Waals surface area contributed by atoms with Crippen LogP contribution in [0.25, 0.3) is 0 Å². The van der Waals surface area contributed by atoms with E-state index in [9.17, 15) is 4.79 Å². The zero-order chi connectivity index (χ0) is 15.5. The van der Waals surface area contributed by atoms with Crippen molar-refractivity contribution in [3.8, 4) is 0 Å². The first-order valence-corrected chi connectivity index (χ1v) is 8.41. The largest absolute Gasteiger partial charge is 0.469 e. The van der Waals surface area contributed by atoms with E-state index in [1.165, 1.54) is 38.9 Å². The third kappa shape index (κ3) is 3.52. The molecule has 5 heteroatoms. The van der Waals surface area contributed by atoms with Gasteiger partial charge in [-0.1, -0.05) is 0 Å². The second-order valence-corrected chi connectivity index (χ2v) is 6.73. The van der Waals surface area contributed by atoms with Crippen molar-refractivity contribution in [2.24, 2.45) is 0 Å². The molecule has 2 saturated heterocycles. The number of hydrogen-bond donors (Lipinski definition) is 1. The molecule has 122 valence electrons. The summed E-state index contributed by atoms with van der Waals surface area (Å²) in [7, 11) is 2.20. The van der Waals surface area contributed by atoms with Gasteiger partial charge in [0.05, 0.1) is 11.8 Å². The molecule has 1 N–H and O–H groups in total. The molecule has 1 atom stereocenters. The Kier molecular flexibility index (Phi) is 4.84. The van der Waals surface area contributed by atoms with Crippen molar-refractivity contribution in [2.45, 2.75) is 44.7 Å². The van der Waals surface area contributed by atoms with E-state index in [-0.39, 0.29) is 11.9 Å². The molecule has 3 heterocycles. The molecule has 0 radical (unpaired) electrons. The van der Waals surface area contributed by atoms with Crippen LogP contribution in [0.1, 0.15) is 41.8 Å². The van der Waals surface area contributed by atoms with Crippen molar-refractivity contribution in [1.82, 2.24) is 15.1 Å². The third-order valence-electron chi connectivity index (χ3n) is 5.10. The highest BCUT2D eigenvalue weighted by Crippen LogP contribution is 2.21. The summed E-state index contributed by atoms with van der Waals surface area (Å²) in [6, 6.07) is 2.70. The van der Waals surface area contributed by atoms with Gasteiger partial charge in [0, 0.05) is 18.6 Å². The van der Waals surface area contributed by atoms with Crippen molar-refractivity contribution in [2.75, 3.05) is 33.2 Å². The first-order chi connectivity index (χ1) is 10.6. The highest BCUT2D eigenvalue weighted by atomic mass is 16.3. The maximum Gasteiger partial charge on any atom is 0.255 e. The summed E-state index contributed by atoms with van der Waals surface area (Å²) in [6.07, 6.45) is 6.32. The van der Waals surface area contributed by atoms with E-state index in [1.54, 1.807) is 12.3 Å². The summed E-state index contributed by atoms with van der Waals surface area (Å²) in [6.45, 7) is 6.36. The number of rotatable bonds is 3. The van der Waals surface area contributed by atoms with Crippen molar-refractivity contribution in [3.05, 3.63) is 23.7 Å². The predicted molar refractivity (Wildman–Crippen MR) is 86.0 cm³/mol. The van der Waals surface area contributed by atoms with E-state index in [0.29, 0.717) is 17.4 Å². The molecule has 5 nitrogen and oxygen atoms in total. The minimum absolute atomic E-state index is 0.00137. The van der Waals surface area contributed by atoms with Gasteiger partial charge in [-0.15, -0.1) is 0 Å². The lowest BCUT2D eigenvalue weighted by molar-refractivity contribution is 0.0765. The van der Waals surface area contributed by atoms with Crippen LogP contribution in [-0.4, -0.2) is 61.0 Å². The molecule has 1 aromatic rings. The Morgan fingerprint density at radius 2 is 2.05 bits per heavy atom. The predicted octanol–water partition coefficient (Wildman–Crippen LogP) is 1.88. The van der Waals surface area contributed by atoms with E-state index in [0.717, 1.165) is 13.0 Å². The van der Waals surface area contributed by atoms with Crippen LogP contribution in [0.2, 0.25) is 0 Å². The van der Waals surface area contributed by atoms with Gasteiger partial charge >= 0.3 is 0 Å². The number of hydrogen-bond acceptors (Lipinski definition) is 4. The Hall–Kier alpha value is -1.33. The standard InChI is InChI=1S/C17H27N3O2/c1-13-16(7-11-22-13)17(21)18-14-4-3-8-20(12-14)15-5-9-19(2)10-6-15/h7,11,14-15H,3-6,8-10,12H2,1-2H3,(H,18,21)/t14-/m0/s1. The molecule has 0 aliphatic carbocycles. The quantitative estimate of drug-likeness (QED) is 0.926. The monoisotopic (exact) mass is 305 g/mol. The Labute approximate surface area is 132 Å². The molecular formula is C17H27N3O2. The summed E-state index contributed by atoms with van der Waals surface area (Å²) in [4.78, 5) is 17.3. The molecule has 0 spiro atoms. The SMILES string of the molecule is Cc1occc1C(=O)N[C@H]1CCCN(C2CCN(C)CC2)C1. The number of aryl methyl sites for hydroxylation is 1. The second kappa shape index (κ2) is 6.84. The van der Waals surface area contributed by atoms with Crippen molar-refractivity contribution in [3.63, 3.8) is 0 Å². The molecular weight excluding hydrogens is 278 g/mol. The number of carbonyl (C=O) groups is 1. The molecule has 1 aromatic heterocycles.